The summed E-state index contributed by atoms with van der Waals surface area (Å²) in [4.78, 5) is 0. The minimum atomic E-state index is 0.0472. The van der Waals surface area contributed by atoms with E-state index in [-0.39, 0.29) is 6.61 Å². The highest BCUT2D eigenvalue weighted by Gasteiger charge is 2.08. The molecular formula is C10H15N3O. The van der Waals surface area contributed by atoms with Gasteiger partial charge in [0.15, 0.2) is 0 Å². The molecule has 2 aromatic heterocycles. The number of hydrogen-bond acceptors (Lipinski definition) is 2. The molecule has 0 aliphatic heterocycles. The lowest BCUT2D eigenvalue weighted by atomic mass is 10.2. The second-order valence-electron chi connectivity index (χ2n) is 3.94. The zero-order valence-corrected chi connectivity index (χ0v) is 8.51. The molecule has 0 amide bonds. The van der Waals surface area contributed by atoms with Crippen LogP contribution in [0, 0.1) is 5.92 Å². The fraction of sp³-hybridized carbons (Fsp3) is 0.500. The van der Waals surface area contributed by atoms with Crippen LogP contribution in [0.3, 0.4) is 0 Å². The van der Waals surface area contributed by atoms with Gasteiger partial charge < -0.3 is 9.67 Å². The van der Waals surface area contributed by atoms with Gasteiger partial charge in [0.2, 0.25) is 0 Å². The van der Waals surface area contributed by atoms with Crippen LogP contribution in [0.15, 0.2) is 18.6 Å². The summed E-state index contributed by atoms with van der Waals surface area (Å²) in [6, 6.07) is 0. The maximum atomic E-state index is 9.13. The minimum Gasteiger partial charge on any atom is -0.391 e. The largest absolute Gasteiger partial charge is 0.391 e. The Morgan fingerprint density at radius 2 is 2.21 bits per heavy atom. The zero-order chi connectivity index (χ0) is 10.1. The molecule has 2 heterocycles. The predicted molar refractivity (Wildman–Crippen MR) is 53.9 cm³/mol. The number of aliphatic hydroxyl groups excluding tert-OH is 1. The van der Waals surface area contributed by atoms with E-state index in [4.69, 9.17) is 5.11 Å². The summed E-state index contributed by atoms with van der Waals surface area (Å²) in [6.07, 6.45) is 5.63. The van der Waals surface area contributed by atoms with E-state index >= 15 is 0 Å². The summed E-state index contributed by atoms with van der Waals surface area (Å²) in [5, 5.41) is 13.3. The first-order valence-electron chi connectivity index (χ1n) is 4.84. The maximum Gasteiger partial charge on any atom is 0.141 e. The summed E-state index contributed by atoms with van der Waals surface area (Å²) in [7, 11) is 0. The molecule has 0 saturated heterocycles. The fourth-order valence-corrected chi connectivity index (χ4v) is 1.68. The van der Waals surface area contributed by atoms with Crippen LogP contribution in [-0.4, -0.2) is 19.3 Å². The zero-order valence-electron chi connectivity index (χ0n) is 8.51. The van der Waals surface area contributed by atoms with Gasteiger partial charge in [0.1, 0.15) is 5.65 Å². The molecule has 0 aromatic carbocycles. The lowest BCUT2D eigenvalue weighted by Crippen LogP contribution is -2.04. The molecule has 0 unspecified atom stereocenters. The molecule has 0 aliphatic rings. The van der Waals surface area contributed by atoms with Crippen molar-refractivity contribution in [2.24, 2.45) is 5.92 Å². The van der Waals surface area contributed by atoms with Crippen LogP contribution in [0.1, 0.15) is 19.4 Å². The second kappa shape index (κ2) is 3.46. The highest BCUT2D eigenvalue weighted by molar-refractivity contribution is 5.47. The third-order valence-corrected chi connectivity index (χ3v) is 2.23. The van der Waals surface area contributed by atoms with E-state index in [1.807, 2.05) is 12.4 Å². The highest BCUT2D eigenvalue weighted by atomic mass is 16.3. The summed E-state index contributed by atoms with van der Waals surface area (Å²) in [5.41, 5.74) is 1.89. The van der Waals surface area contributed by atoms with Gasteiger partial charge in [-0.2, -0.15) is 5.10 Å². The van der Waals surface area contributed by atoms with Crippen molar-refractivity contribution in [2.75, 3.05) is 0 Å². The standard InChI is InChI=1S/C10H15N3O/c1-8(2)6-12-3-4-13-10(12)9(7-14)5-11-13/h3-5,8,14H,6-7H2,1-2H3. The number of aliphatic hydroxyl groups is 1. The molecule has 4 heteroatoms. The van der Waals surface area contributed by atoms with Crippen LogP contribution >= 0.6 is 0 Å². The minimum absolute atomic E-state index is 0.0472. The summed E-state index contributed by atoms with van der Waals surface area (Å²) in [6.45, 7) is 5.35. The Labute approximate surface area is 82.8 Å². The lowest BCUT2D eigenvalue weighted by Gasteiger charge is -2.07. The Kier molecular flexibility index (Phi) is 2.29. The van der Waals surface area contributed by atoms with Gasteiger partial charge in [0, 0.05) is 24.5 Å². The first-order chi connectivity index (χ1) is 6.72. The van der Waals surface area contributed by atoms with Crippen molar-refractivity contribution in [3.05, 3.63) is 24.2 Å². The molecule has 2 rings (SSSR count). The van der Waals surface area contributed by atoms with Gasteiger partial charge in [-0.15, -0.1) is 0 Å². The predicted octanol–water partition coefficient (Wildman–Crippen LogP) is 1.28. The number of aromatic nitrogens is 3. The van der Waals surface area contributed by atoms with Crippen molar-refractivity contribution in [3.8, 4) is 0 Å². The third kappa shape index (κ3) is 1.42. The van der Waals surface area contributed by atoms with Crippen molar-refractivity contribution in [3.63, 3.8) is 0 Å². The molecule has 2 aromatic rings. The van der Waals surface area contributed by atoms with Gasteiger partial charge in [0.25, 0.3) is 0 Å². The van der Waals surface area contributed by atoms with E-state index in [2.05, 4.69) is 23.5 Å². The van der Waals surface area contributed by atoms with Gasteiger partial charge in [-0.3, -0.25) is 0 Å². The number of imidazole rings is 1. The van der Waals surface area contributed by atoms with Crippen LogP contribution in [0.2, 0.25) is 0 Å². The van der Waals surface area contributed by atoms with Crippen molar-refractivity contribution in [1.29, 1.82) is 0 Å². The van der Waals surface area contributed by atoms with Gasteiger partial charge in [-0.1, -0.05) is 13.8 Å². The Hall–Kier alpha value is -1.29. The van der Waals surface area contributed by atoms with E-state index in [1.54, 1.807) is 10.7 Å². The molecule has 14 heavy (non-hydrogen) atoms. The van der Waals surface area contributed by atoms with Gasteiger partial charge in [-0.05, 0) is 5.92 Å². The number of fused-ring (bicyclic) bond motifs is 1. The molecule has 0 aliphatic carbocycles. The number of nitrogens with zero attached hydrogens (tertiary/aromatic N) is 3. The molecule has 1 N–H and O–H groups in total. The SMILES string of the molecule is CC(C)Cn1ccn2ncc(CO)c12. The quantitative estimate of drug-likeness (QED) is 0.798. The molecule has 0 radical (unpaired) electrons. The molecular weight excluding hydrogens is 178 g/mol. The average Bonchev–Trinajstić information content (AvgIpc) is 2.67. The monoisotopic (exact) mass is 193 g/mol. The Balaban J connectivity index is 2.48. The molecule has 4 nitrogen and oxygen atoms in total. The van der Waals surface area contributed by atoms with Gasteiger partial charge in [-0.25, -0.2) is 4.52 Å². The van der Waals surface area contributed by atoms with Crippen LogP contribution in [0.5, 0.6) is 0 Å². The summed E-state index contributed by atoms with van der Waals surface area (Å²) in [5.74, 6) is 0.590. The van der Waals surface area contributed by atoms with E-state index in [0.29, 0.717) is 5.92 Å². The Bertz CT molecular complexity index is 427. The lowest BCUT2D eigenvalue weighted by molar-refractivity contribution is 0.282. The van der Waals surface area contributed by atoms with Gasteiger partial charge >= 0.3 is 0 Å². The van der Waals surface area contributed by atoms with E-state index in [0.717, 1.165) is 17.8 Å². The van der Waals surface area contributed by atoms with Crippen molar-refractivity contribution >= 4 is 5.65 Å². The Morgan fingerprint density at radius 3 is 2.86 bits per heavy atom. The summed E-state index contributed by atoms with van der Waals surface area (Å²) >= 11 is 0. The molecule has 0 atom stereocenters. The molecule has 0 fully saturated rings. The Morgan fingerprint density at radius 1 is 1.43 bits per heavy atom. The van der Waals surface area contributed by atoms with Crippen LogP contribution in [0.4, 0.5) is 0 Å². The van der Waals surface area contributed by atoms with Crippen LogP contribution in [0.25, 0.3) is 5.65 Å². The number of rotatable bonds is 3. The van der Waals surface area contributed by atoms with Crippen LogP contribution < -0.4 is 0 Å². The third-order valence-electron chi connectivity index (χ3n) is 2.23. The smallest absolute Gasteiger partial charge is 0.141 e. The first kappa shape index (κ1) is 9.27. The van der Waals surface area contributed by atoms with E-state index in [1.165, 1.54) is 0 Å². The fourth-order valence-electron chi connectivity index (χ4n) is 1.68. The van der Waals surface area contributed by atoms with E-state index < -0.39 is 0 Å². The summed E-state index contributed by atoms with van der Waals surface area (Å²) < 4.78 is 3.93. The van der Waals surface area contributed by atoms with E-state index in [9.17, 15) is 0 Å². The van der Waals surface area contributed by atoms with Gasteiger partial charge in [0.05, 0.1) is 12.8 Å². The van der Waals surface area contributed by atoms with Crippen molar-refractivity contribution < 1.29 is 5.11 Å². The topological polar surface area (TPSA) is 42.5 Å². The molecule has 76 valence electrons. The second-order valence-corrected chi connectivity index (χ2v) is 3.94. The normalized spacial score (nSPS) is 11.7. The average molecular weight is 193 g/mol. The molecule has 0 bridgehead atoms. The maximum absolute atomic E-state index is 9.13. The number of hydrogen-bond donors (Lipinski definition) is 1. The van der Waals surface area contributed by atoms with Crippen molar-refractivity contribution in [1.82, 2.24) is 14.2 Å². The van der Waals surface area contributed by atoms with Crippen LogP contribution in [-0.2, 0) is 13.2 Å². The molecule has 0 saturated carbocycles. The van der Waals surface area contributed by atoms with Crippen molar-refractivity contribution in [2.45, 2.75) is 27.0 Å². The highest BCUT2D eigenvalue weighted by Crippen LogP contribution is 2.13. The first-order valence-corrected chi connectivity index (χ1v) is 4.84. The molecule has 0 spiro atoms.